The zero-order valence-corrected chi connectivity index (χ0v) is 10.7. The van der Waals surface area contributed by atoms with Crippen LogP contribution in [0.25, 0.3) is 0 Å². The highest BCUT2D eigenvalue weighted by molar-refractivity contribution is 7.10. The van der Waals surface area contributed by atoms with E-state index < -0.39 is 0 Å². The second kappa shape index (κ2) is 8.19. The van der Waals surface area contributed by atoms with Crippen LogP contribution < -0.4 is 10.6 Å². The Balaban J connectivity index is 2.22. The average molecular weight is 258 g/mol. The Kier molecular flexibility index (Phi) is 6.80. The van der Waals surface area contributed by atoms with Crippen molar-refractivity contribution in [1.29, 1.82) is 0 Å². The summed E-state index contributed by atoms with van der Waals surface area (Å²) >= 11 is 1.60. The number of carbonyl (C=O) groups is 1. The van der Waals surface area contributed by atoms with E-state index in [1.165, 1.54) is 6.92 Å². The van der Waals surface area contributed by atoms with Gasteiger partial charge in [0.05, 0.1) is 25.5 Å². The minimum atomic E-state index is -0.0593. The maximum absolute atomic E-state index is 10.9. The van der Waals surface area contributed by atoms with Gasteiger partial charge in [0.15, 0.2) is 0 Å². The zero-order valence-electron chi connectivity index (χ0n) is 9.86. The summed E-state index contributed by atoms with van der Waals surface area (Å²) < 4.78 is 5.12. The molecule has 1 heterocycles. The molecule has 0 fully saturated rings. The Morgan fingerprint density at radius 3 is 3.06 bits per heavy atom. The summed E-state index contributed by atoms with van der Waals surface area (Å²) in [6.07, 6.45) is 0. The van der Waals surface area contributed by atoms with Crippen LogP contribution in [0.4, 0.5) is 5.69 Å². The lowest BCUT2D eigenvalue weighted by Gasteiger charge is -2.06. The molecule has 96 valence electrons. The van der Waals surface area contributed by atoms with E-state index >= 15 is 0 Å². The summed E-state index contributed by atoms with van der Waals surface area (Å²) in [5.74, 6) is -0.0593. The van der Waals surface area contributed by atoms with Gasteiger partial charge >= 0.3 is 0 Å². The van der Waals surface area contributed by atoms with Crippen molar-refractivity contribution >= 4 is 22.9 Å². The summed E-state index contributed by atoms with van der Waals surface area (Å²) in [7, 11) is 0. The van der Waals surface area contributed by atoms with Gasteiger partial charge in [-0.25, -0.2) is 0 Å². The van der Waals surface area contributed by atoms with Crippen molar-refractivity contribution in [2.45, 2.75) is 13.5 Å². The minimum absolute atomic E-state index is 0.0532. The fourth-order valence-corrected chi connectivity index (χ4v) is 2.09. The van der Waals surface area contributed by atoms with Crippen LogP contribution in [-0.4, -0.2) is 37.4 Å². The van der Waals surface area contributed by atoms with Crippen molar-refractivity contribution < 1.29 is 14.6 Å². The molecule has 6 heteroatoms. The third-order valence-corrected chi connectivity index (χ3v) is 2.92. The van der Waals surface area contributed by atoms with Gasteiger partial charge in [-0.05, 0) is 11.4 Å². The van der Waals surface area contributed by atoms with Crippen molar-refractivity contribution in [2.24, 2.45) is 0 Å². The standard InChI is InChI=1S/C11H18N2O3S/c1-9(15)13-10-2-7-17-11(10)8-12-3-5-16-6-4-14/h2,7,12,14H,3-6,8H2,1H3,(H,13,15). The van der Waals surface area contributed by atoms with E-state index in [0.717, 1.165) is 17.1 Å². The number of anilines is 1. The van der Waals surface area contributed by atoms with E-state index in [-0.39, 0.29) is 12.5 Å². The first-order valence-electron chi connectivity index (χ1n) is 5.47. The van der Waals surface area contributed by atoms with Crippen molar-refractivity contribution in [3.05, 3.63) is 16.3 Å². The molecule has 1 amide bonds. The van der Waals surface area contributed by atoms with E-state index in [0.29, 0.717) is 19.8 Å². The maximum atomic E-state index is 10.9. The molecule has 0 spiro atoms. The normalized spacial score (nSPS) is 10.5. The minimum Gasteiger partial charge on any atom is -0.394 e. The molecule has 3 N–H and O–H groups in total. The predicted molar refractivity (Wildman–Crippen MR) is 68.2 cm³/mol. The molecule has 0 atom stereocenters. The van der Waals surface area contributed by atoms with Crippen LogP contribution >= 0.6 is 11.3 Å². The van der Waals surface area contributed by atoms with E-state index in [9.17, 15) is 4.79 Å². The average Bonchev–Trinajstić information content (AvgIpc) is 2.70. The highest BCUT2D eigenvalue weighted by Crippen LogP contribution is 2.21. The predicted octanol–water partition coefficient (Wildman–Crippen LogP) is 0.805. The molecule has 0 bridgehead atoms. The number of aliphatic hydroxyl groups is 1. The molecule has 0 saturated heterocycles. The SMILES string of the molecule is CC(=O)Nc1ccsc1CNCCOCCO. The molecule has 17 heavy (non-hydrogen) atoms. The summed E-state index contributed by atoms with van der Waals surface area (Å²) in [5, 5.41) is 16.5. The molecule has 1 aromatic rings. The van der Waals surface area contributed by atoms with Crippen molar-refractivity contribution in [1.82, 2.24) is 5.32 Å². The summed E-state index contributed by atoms with van der Waals surface area (Å²) in [6.45, 7) is 3.92. The van der Waals surface area contributed by atoms with Crippen LogP contribution in [0.5, 0.6) is 0 Å². The molecule has 1 rings (SSSR count). The Bertz CT molecular complexity index is 341. The van der Waals surface area contributed by atoms with Crippen LogP contribution in [-0.2, 0) is 16.1 Å². The Morgan fingerprint density at radius 2 is 2.35 bits per heavy atom. The number of hydrogen-bond acceptors (Lipinski definition) is 5. The number of rotatable bonds is 8. The number of hydrogen-bond donors (Lipinski definition) is 3. The van der Waals surface area contributed by atoms with E-state index in [1.54, 1.807) is 11.3 Å². The quantitative estimate of drug-likeness (QED) is 0.603. The van der Waals surface area contributed by atoms with Crippen LogP contribution in [0.3, 0.4) is 0 Å². The van der Waals surface area contributed by atoms with E-state index in [1.807, 2.05) is 11.4 Å². The van der Waals surface area contributed by atoms with Crippen LogP contribution in [0.1, 0.15) is 11.8 Å². The topological polar surface area (TPSA) is 70.6 Å². The second-order valence-corrected chi connectivity index (χ2v) is 4.45. The van der Waals surface area contributed by atoms with Gasteiger partial charge in [0.1, 0.15) is 0 Å². The molecule has 5 nitrogen and oxygen atoms in total. The van der Waals surface area contributed by atoms with Crippen molar-refractivity contribution in [3.63, 3.8) is 0 Å². The van der Waals surface area contributed by atoms with Crippen molar-refractivity contribution in [3.8, 4) is 0 Å². The molecule has 1 aromatic heterocycles. The lowest BCUT2D eigenvalue weighted by Crippen LogP contribution is -2.20. The molecule has 0 radical (unpaired) electrons. The van der Waals surface area contributed by atoms with Gasteiger partial charge in [-0.2, -0.15) is 0 Å². The van der Waals surface area contributed by atoms with E-state index in [2.05, 4.69) is 10.6 Å². The van der Waals surface area contributed by atoms with Crippen LogP contribution in [0.2, 0.25) is 0 Å². The highest BCUT2D eigenvalue weighted by Gasteiger charge is 2.04. The monoisotopic (exact) mass is 258 g/mol. The fraction of sp³-hybridized carbons (Fsp3) is 0.545. The second-order valence-electron chi connectivity index (χ2n) is 3.45. The molecule has 0 aliphatic carbocycles. The fourth-order valence-electron chi connectivity index (χ4n) is 1.29. The Morgan fingerprint density at radius 1 is 1.53 bits per heavy atom. The molecule has 0 unspecified atom stereocenters. The zero-order chi connectivity index (χ0) is 12.5. The number of aliphatic hydroxyl groups excluding tert-OH is 1. The van der Waals surface area contributed by atoms with E-state index in [4.69, 9.17) is 9.84 Å². The summed E-state index contributed by atoms with van der Waals surface area (Å²) in [5.41, 5.74) is 0.867. The molecular formula is C11H18N2O3S. The first kappa shape index (κ1) is 14.1. The van der Waals surface area contributed by atoms with Crippen LogP contribution in [0, 0.1) is 0 Å². The number of carbonyl (C=O) groups excluding carboxylic acids is 1. The third-order valence-electron chi connectivity index (χ3n) is 2.00. The van der Waals surface area contributed by atoms with Gasteiger partial charge in [-0.15, -0.1) is 11.3 Å². The van der Waals surface area contributed by atoms with Gasteiger partial charge in [0, 0.05) is 24.9 Å². The van der Waals surface area contributed by atoms with Gasteiger partial charge in [-0.3, -0.25) is 4.79 Å². The lowest BCUT2D eigenvalue weighted by molar-refractivity contribution is -0.114. The highest BCUT2D eigenvalue weighted by atomic mass is 32.1. The smallest absolute Gasteiger partial charge is 0.221 e. The van der Waals surface area contributed by atoms with Gasteiger partial charge in [0.2, 0.25) is 5.91 Å². The summed E-state index contributed by atoms with van der Waals surface area (Å²) in [6, 6.07) is 1.89. The first-order chi connectivity index (χ1) is 8.24. The summed E-state index contributed by atoms with van der Waals surface area (Å²) in [4.78, 5) is 12.0. The number of nitrogens with one attached hydrogen (secondary N) is 2. The molecule has 0 aliphatic heterocycles. The number of amides is 1. The molecule has 0 saturated carbocycles. The third kappa shape index (κ3) is 5.78. The Hall–Kier alpha value is -0.950. The molecule has 0 aliphatic rings. The Labute approximate surface area is 105 Å². The van der Waals surface area contributed by atoms with Crippen LogP contribution in [0.15, 0.2) is 11.4 Å². The number of thiophene rings is 1. The molecular weight excluding hydrogens is 240 g/mol. The van der Waals surface area contributed by atoms with Crippen molar-refractivity contribution in [2.75, 3.05) is 31.7 Å². The van der Waals surface area contributed by atoms with Gasteiger partial charge in [-0.1, -0.05) is 0 Å². The maximum Gasteiger partial charge on any atom is 0.221 e. The number of ether oxygens (including phenoxy) is 1. The largest absolute Gasteiger partial charge is 0.394 e. The molecule has 0 aromatic carbocycles. The lowest BCUT2D eigenvalue weighted by atomic mass is 10.3. The first-order valence-corrected chi connectivity index (χ1v) is 6.35. The van der Waals surface area contributed by atoms with Gasteiger partial charge < -0.3 is 20.5 Å². The van der Waals surface area contributed by atoms with Gasteiger partial charge in [0.25, 0.3) is 0 Å².